The molecule has 5 atom stereocenters. The number of fused-ring (bicyclic) bond motifs is 1. The van der Waals surface area contributed by atoms with E-state index in [2.05, 4.69) is 0 Å². The summed E-state index contributed by atoms with van der Waals surface area (Å²) in [6.07, 6.45) is 5.24. The summed E-state index contributed by atoms with van der Waals surface area (Å²) < 4.78 is 5.89. The first-order valence-electron chi connectivity index (χ1n) is 7.49. The predicted molar refractivity (Wildman–Crippen MR) is 72.2 cm³/mol. The van der Waals surface area contributed by atoms with Crippen LogP contribution < -0.4 is 4.74 Å². The molecular formula is C17H14O4. The third-order valence-electron chi connectivity index (χ3n) is 6.72. The van der Waals surface area contributed by atoms with Crippen LogP contribution in [0.4, 0.5) is 0 Å². The lowest BCUT2D eigenvalue weighted by atomic mass is 9.57. The molecule has 1 aromatic carbocycles. The lowest BCUT2D eigenvalue weighted by Crippen LogP contribution is -2.60. The van der Waals surface area contributed by atoms with Crippen LogP contribution >= 0.6 is 0 Å². The zero-order chi connectivity index (χ0) is 14.2. The van der Waals surface area contributed by atoms with Gasteiger partial charge >= 0.3 is 0 Å². The van der Waals surface area contributed by atoms with Gasteiger partial charge in [-0.05, 0) is 54.4 Å². The number of ketones is 1. The second kappa shape index (κ2) is 2.63. The Morgan fingerprint density at radius 3 is 3.05 bits per heavy atom. The second-order valence-electron chi connectivity index (χ2n) is 7.45. The molecule has 0 aromatic heterocycles. The van der Waals surface area contributed by atoms with E-state index in [-0.39, 0.29) is 22.9 Å². The molecule has 2 bridgehead atoms. The Balaban J connectivity index is 1.79. The summed E-state index contributed by atoms with van der Waals surface area (Å²) in [5.74, 6) is 0.605. The number of rotatable bonds is 0. The molecule has 3 unspecified atom stereocenters. The molecule has 4 aliphatic carbocycles. The number of phenols is 1. The molecule has 4 heteroatoms. The molecule has 0 saturated heterocycles. The second-order valence-corrected chi connectivity index (χ2v) is 7.45. The van der Waals surface area contributed by atoms with E-state index < -0.39 is 17.1 Å². The minimum Gasteiger partial charge on any atom is -0.504 e. The highest BCUT2D eigenvalue weighted by Crippen LogP contribution is 2.81. The van der Waals surface area contributed by atoms with Crippen molar-refractivity contribution < 1.29 is 19.7 Å². The maximum atomic E-state index is 12.4. The fraction of sp³-hybridized carbons (Fsp3) is 0.471. The van der Waals surface area contributed by atoms with Crippen molar-refractivity contribution in [3.05, 3.63) is 35.4 Å². The van der Waals surface area contributed by atoms with Crippen molar-refractivity contribution in [2.75, 3.05) is 0 Å². The monoisotopic (exact) mass is 282 g/mol. The molecule has 1 aliphatic heterocycles. The average molecular weight is 282 g/mol. The predicted octanol–water partition coefficient (Wildman–Crippen LogP) is 1.23. The Hall–Kier alpha value is -1.81. The molecule has 2 saturated carbocycles. The van der Waals surface area contributed by atoms with Gasteiger partial charge in [0.15, 0.2) is 23.4 Å². The first kappa shape index (κ1) is 10.9. The fourth-order valence-corrected chi connectivity index (χ4v) is 5.98. The largest absolute Gasteiger partial charge is 0.504 e. The molecule has 6 rings (SSSR count). The van der Waals surface area contributed by atoms with E-state index in [0.29, 0.717) is 5.75 Å². The van der Waals surface area contributed by atoms with E-state index in [0.717, 1.165) is 30.4 Å². The maximum absolute atomic E-state index is 12.4. The highest BCUT2D eigenvalue weighted by molar-refractivity contribution is 5.99. The van der Waals surface area contributed by atoms with Crippen molar-refractivity contribution in [1.29, 1.82) is 0 Å². The van der Waals surface area contributed by atoms with Crippen LogP contribution in [-0.2, 0) is 16.6 Å². The van der Waals surface area contributed by atoms with Crippen molar-refractivity contribution in [1.82, 2.24) is 0 Å². The Morgan fingerprint density at radius 2 is 2.19 bits per heavy atom. The number of carbonyl (C=O) groups is 1. The minimum atomic E-state index is -1.00. The zero-order valence-corrected chi connectivity index (χ0v) is 11.3. The number of benzene rings is 1. The van der Waals surface area contributed by atoms with Crippen molar-refractivity contribution >= 4 is 5.78 Å². The molecule has 2 N–H and O–H groups in total. The number of aromatic hydroxyl groups is 1. The summed E-state index contributed by atoms with van der Waals surface area (Å²) in [6.45, 7) is 0. The van der Waals surface area contributed by atoms with Crippen LogP contribution in [0.5, 0.6) is 11.5 Å². The van der Waals surface area contributed by atoms with E-state index in [4.69, 9.17) is 4.74 Å². The summed E-state index contributed by atoms with van der Waals surface area (Å²) in [7, 11) is 0. The van der Waals surface area contributed by atoms with Gasteiger partial charge in [-0.15, -0.1) is 0 Å². The molecule has 21 heavy (non-hydrogen) atoms. The quantitative estimate of drug-likeness (QED) is 0.751. The number of hydrogen-bond donors (Lipinski definition) is 2. The van der Waals surface area contributed by atoms with E-state index in [9.17, 15) is 15.0 Å². The smallest absolute Gasteiger partial charge is 0.196 e. The summed E-state index contributed by atoms with van der Waals surface area (Å²) in [4.78, 5) is 12.4. The molecule has 0 amide bonds. The van der Waals surface area contributed by atoms with Crippen LogP contribution in [0, 0.1) is 11.3 Å². The lowest BCUT2D eigenvalue weighted by molar-refractivity contribution is -0.130. The first-order chi connectivity index (χ1) is 10.0. The molecular weight excluding hydrogens is 268 g/mol. The average Bonchev–Trinajstić information content (AvgIpc) is 2.95. The Morgan fingerprint density at radius 1 is 1.33 bits per heavy atom. The summed E-state index contributed by atoms with van der Waals surface area (Å²) in [5, 5.41) is 21.6. The van der Waals surface area contributed by atoms with Crippen molar-refractivity contribution in [2.45, 2.75) is 36.4 Å². The van der Waals surface area contributed by atoms with Gasteiger partial charge in [0.25, 0.3) is 0 Å². The van der Waals surface area contributed by atoms with Gasteiger partial charge in [-0.1, -0.05) is 6.07 Å². The van der Waals surface area contributed by atoms with E-state index in [1.54, 1.807) is 12.1 Å². The third-order valence-corrected chi connectivity index (χ3v) is 6.72. The normalized spacial score (nSPS) is 49.7. The highest BCUT2D eigenvalue weighted by Gasteiger charge is 2.84. The lowest BCUT2D eigenvalue weighted by Gasteiger charge is -2.46. The number of phenolic OH excluding ortho intramolecular Hbond substituents is 1. The highest BCUT2D eigenvalue weighted by atomic mass is 16.5. The topological polar surface area (TPSA) is 66.8 Å². The maximum Gasteiger partial charge on any atom is 0.196 e. The molecule has 106 valence electrons. The van der Waals surface area contributed by atoms with Crippen LogP contribution in [0.2, 0.25) is 0 Å². The molecule has 1 heterocycles. The van der Waals surface area contributed by atoms with Gasteiger partial charge in [-0.3, -0.25) is 4.79 Å². The Bertz CT molecular complexity index is 796. The SMILES string of the molecule is O=C1C=C[C@@]2(O)[C@@H]3CC34Cc3ccc(O)c5c3C2(C4)C1O5. The van der Waals surface area contributed by atoms with Crippen LogP contribution in [0.15, 0.2) is 24.3 Å². The molecule has 0 radical (unpaired) electrons. The van der Waals surface area contributed by atoms with Gasteiger partial charge in [0, 0.05) is 5.56 Å². The zero-order valence-electron chi connectivity index (χ0n) is 11.3. The van der Waals surface area contributed by atoms with Gasteiger partial charge in [0.2, 0.25) is 0 Å². The van der Waals surface area contributed by atoms with Crippen LogP contribution in [0.1, 0.15) is 24.0 Å². The number of ether oxygens (including phenoxy) is 1. The molecule has 2 fully saturated rings. The summed E-state index contributed by atoms with van der Waals surface area (Å²) in [6, 6.07) is 3.59. The van der Waals surface area contributed by atoms with Gasteiger partial charge in [0.05, 0.1) is 5.41 Å². The minimum absolute atomic E-state index is 0.0733. The van der Waals surface area contributed by atoms with E-state index in [1.807, 2.05) is 6.07 Å². The van der Waals surface area contributed by atoms with E-state index >= 15 is 0 Å². The fourth-order valence-electron chi connectivity index (χ4n) is 5.98. The van der Waals surface area contributed by atoms with Crippen molar-refractivity contribution in [2.24, 2.45) is 11.3 Å². The summed E-state index contributed by atoms with van der Waals surface area (Å²) in [5.41, 5.74) is 0.472. The third kappa shape index (κ3) is 0.821. The van der Waals surface area contributed by atoms with Crippen molar-refractivity contribution in [3.63, 3.8) is 0 Å². The van der Waals surface area contributed by atoms with Gasteiger partial charge in [-0.2, -0.15) is 0 Å². The van der Waals surface area contributed by atoms with Gasteiger partial charge in [0.1, 0.15) is 5.60 Å². The number of carbonyl (C=O) groups excluding carboxylic acids is 1. The van der Waals surface area contributed by atoms with Crippen LogP contribution in [-0.4, -0.2) is 27.7 Å². The first-order valence-corrected chi connectivity index (χ1v) is 7.49. The van der Waals surface area contributed by atoms with Crippen LogP contribution in [0.3, 0.4) is 0 Å². The molecule has 4 nitrogen and oxygen atoms in total. The van der Waals surface area contributed by atoms with E-state index in [1.165, 1.54) is 6.08 Å². The van der Waals surface area contributed by atoms with Crippen molar-refractivity contribution in [3.8, 4) is 11.5 Å². The number of aliphatic hydroxyl groups is 1. The van der Waals surface area contributed by atoms with Gasteiger partial charge in [-0.25, -0.2) is 0 Å². The molecule has 5 aliphatic rings. The summed E-state index contributed by atoms with van der Waals surface area (Å²) >= 11 is 0. The molecule has 2 spiro atoms. The number of hydrogen-bond acceptors (Lipinski definition) is 4. The Labute approximate surface area is 121 Å². The van der Waals surface area contributed by atoms with Gasteiger partial charge < -0.3 is 14.9 Å². The molecule has 1 aromatic rings. The standard InChI is InChI=1S/C17H14O4/c18-9-2-1-8-5-15-6-11(15)17(20)4-3-10(19)14-16(17,7-15)12(8)13(9)21-14/h1-4,11,14,18,20H,5-7H2/t11-,14?,15?,16?,17-/m1/s1. The Kier molecular flexibility index (Phi) is 1.36. The van der Waals surface area contributed by atoms with Crippen LogP contribution in [0.25, 0.3) is 0 Å².